The number of alkyl halides is 1. The average molecular weight is 298 g/mol. The quantitative estimate of drug-likeness (QED) is 0.826. The molecule has 0 aliphatic carbocycles. The molecule has 0 spiro atoms. The van der Waals surface area contributed by atoms with Gasteiger partial charge in [0.05, 0.1) is 17.0 Å². The fourth-order valence-corrected chi connectivity index (χ4v) is 1.55. The van der Waals surface area contributed by atoms with Crippen LogP contribution in [-0.4, -0.2) is 36.0 Å². The van der Waals surface area contributed by atoms with Crippen LogP contribution < -0.4 is 5.32 Å². The number of amides is 1. The van der Waals surface area contributed by atoms with E-state index in [4.69, 9.17) is 10.00 Å². The van der Waals surface area contributed by atoms with E-state index in [1.807, 2.05) is 6.07 Å². The first-order chi connectivity index (χ1) is 8.17. The third kappa shape index (κ3) is 4.51. The highest BCUT2D eigenvalue weighted by atomic mass is 79.9. The molecule has 1 N–H and O–H groups in total. The predicted octanol–water partition coefficient (Wildman–Crippen LogP) is 1.09. The van der Waals surface area contributed by atoms with Crippen LogP contribution in [-0.2, 0) is 4.74 Å². The molecule has 0 bridgehead atoms. The van der Waals surface area contributed by atoms with Gasteiger partial charge in [-0.1, -0.05) is 15.9 Å². The Bertz CT molecular complexity index is 414. The van der Waals surface area contributed by atoms with Crippen LogP contribution in [0.15, 0.2) is 18.3 Å². The topological polar surface area (TPSA) is 75.0 Å². The van der Waals surface area contributed by atoms with E-state index in [9.17, 15) is 4.79 Å². The lowest BCUT2D eigenvalue weighted by molar-refractivity contribution is 0.0945. The molecular weight excluding hydrogens is 286 g/mol. The minimum atomic E-state index is -0.268. The Morgan fingerprint density at radius 3 is 3.00 bits per heavy atom. The summed E-state index contributed by atoms with van der Waals surface area (Å²) in [5, 5.41) is 11.3. The monoisotopic (exact) mass is 297 g/mol. The van der Waals surface area contributed by atoms with Crippen LogP contribution in [0.4, 0.5) is 0 Å². The molecular formula is C11H12BrN3O2. The molecule has 0 saturated heterocycles. The van der Waals surface area contributed by atoms with Gasteiger partial charge in [-0.25, -0.2) is 4.98 Å². The summed E-state index contributed by atoms with van der Waals surface area (Å²) >= 11 is 3.36. The molecule has 6 heteroatoms. The number of halogens is 1. The molecule has 0 aliphatic rings. The predicted molar refractivity (Wildman–Crippen MR) is 65.9 cm³/mol. The normalized spacial score (nSPS) is 11.6. The highest BCUT2D eigenvalue weighted by molar-refractivity contribution is 9.09. The van der Waals surface area contributed by atoms with Crippen LogP contribution in [0.3, 0.4) is 0 Å². The summed E-state index contributed by atoms with van der Waals surface area (Å²) in [6.07, 6.45) is 1.37. The molecule has 1 atom stereocenters. The molecule has 1 aromatic heterocycles. The molecule has 1 amide bonds. The lowest BCUT2D eigenvalue weighted by atomic mass is 10.2. The van der Waals surface area contributed by atoms with Gasteiger partial charge in [0.25, 0.3) is 5.91 Å². The van der Waals surface area contributed by atoms with Crippen molar-refractivity contribution in [1.29, 1.82) is 5.26 Å². The van der Waals surface area contributed by atoms with Crippen molar-refractivity contribution in [3.63, 3.8) is 0 Å². The van der Waals surface area contributed by atoms with Crippen LogP contribution in [0.25, 0.3) is 0 Å². The summed E-state index contributed by atoms with van der Waals surface area (Å²) in [7, 11) is 1.60. The van der Waals surface area contributed by atoms with Crippen molar-refractivity contribution >= 4 is 21.8 Å². The summed E-state index contributed by atoms with van der Waals surface area (Å²) in [5.74, 6) is -0.268. The largest absolute Gasteiger partial charge is 0.383 e. The van der Waals surface area contributed by atoms with E-state index < -0.39 is 0 Å². The van der Waals surface area contributed by atoms with Gasteiger partial charge in [-0.3, -0.25) is 4.79 Å². The first-order valence-corrected chi connectivity index (χ1v) is 5.86. The molecule has 17 heavy (non-hydrogen) atoms. The van der Waals surface area contributed by atoms with Gasteiger partial charge in [-0.2, -0.15) is 5.26 Å². The number of nitrogens with one attached hydrogen (secondary N) is 1. The van der Waals surface area contributed by atoms with E-state index in [1.165, 1.54) is 12.3 Å². The minimum Gasteiger partial charge on any atom is -0.383 e. The Kier molecular flexibility index (Phi) is 5.60. The Morgan fingerprint density at radius 1 is 1.71 bits per heavy atom. The molecule has 0 saturated carbocycles. The van der Waals surface area contributed by atoms with Gasteiger partial charge in [0.2, 0.25) is 0 Å². The first-order valence-electron chi connectivity index (χ1n) is 4.94. The van der Waals surface area contributed by atoms with Gasteiger partial charge in [-0.15, -0.1) is 0 Å². The summed E-state index contributed by atoms with van der Waals surface area (Å²) in [6, 6.07) is 5.02. The van der Waals surface area contributed by atoms with E-state index in [-0.39, 0.29) is 10.7 Å². The van der Waals surface area contributed by atoms with Crippen LogP contribution in [0.1, 0.15) is 16.1 Å². The number of carbonyl (C=O) groups excluding carboxylic acids is 1. The zero-order chi connectivity index (χ0) is 12.7. The first kappa shape index (κ1) is 13.6. The number of aromatic nitrogens is 1. The lowest BCUT2D eigenvalue weighted by Gasteiger charge is -2.09. The van der Waals surface area contributed by atoms with Crippen molar-refractivity contribution in [1.82, 2.24) is 10.3 Å². The van der Waals surface area contributed by atoms with Crippen LogP contribution >= 0.6 is 15.9 Å². The number of methoxy groups -OCH3 is 1. The smallest absolute Gasteiger partial charge is 0.269 e. The third-order valence-corrected chi connectivity index (χ3v) is 2.54. The van der Waals surface area contributed by atoms with Gasteiger partial charge < -0.3 is 10.1 Å². The van der Waals surface area contributed by atoms with E-state index in [2.05, 4.69) is 26.2 Å². The standard InChI is InChI=1S/C11H12BrN3O2/c1-17-7-9(12)6-15-11(16)10-3-2-8(4-13)5-14-10/h2-3,5,9H,6-7H2,1H3,(H,15,16). The number of carbonyl (C=O) groups is 1. The number of pyridine rings is 1. The van der Waals surface area contributed by atoms with Crippen molar-refractivity contribution in [2.24, 2.45) is 0 Å². The highest BCUT2D eigenvalue weighted by Crippen LogP contribution is 2.01. The number of hydrogen-bond acceptors (Lipinski definition) is 4. The van der Waals surface area contributed by atoms with Gasteiger partial charge in [0.1, 0.15) is 11.8 Å². The van der Waals surface area contributed by atoms with Crippen molar-refractivity contribution in [3.05, 3.63) is 29.6 Å². The molecule has 1 unspecified atom stereocenters. The average Bonchev–Trinajstić information content (AvgIpc) is 2.36. The summed E-state index contributed by atoms with van der Waals surface area (Å²) in [6.45, 7) is 0.968. The lowest BCUT2D eigenvalue weighted by Crippen LogP contribution is -2.31. The fourth-order valence-electron chi connectivity index (χ4n) is 1.13. The Labute approximate surface area is 108 Å². The second kappa shape index (κ2) is 6.99. The van der Waals surface area contributed by atoms with Crippen LogP contribution in [0, 0.1) is 11.3 Å². The number of ether oxygens (including phenoxy) is 1. The highest BCUT2D eigenvalue weighted by Gasteiger charge is 2.09. The molecule has 0 fully saturated rings. The SMILES string of the molecule is COCC(Br)CNC(=O)c1ccc(C#N)cn1. The van der Waals surface area contributed by atoms with E-state index in [0.29, 0.717) is 24.4 Å². The molecule has 5 nitrogen and oxygen atoms in total. The minimum absolute atomic E-state index is 0.0647. The molecule has 1 heterocycles. The Morgan fingerprint density at radius 2 is 2.47 bits per heavy atom. The van der Waals surface area contributed by atoms with Gasteiger partial charge >= 0.3 is 0 Å². The number of nitrogens with zero attached hydrogens (tertiary/aromatic N) is 2. The van der Waals surface area contributed by atoms with Gasteiger partial charge in [-0.05, 0) is 12.1 Å². The molecule has 1 rings (SSSR count). The molecule has 0 aliphatic heterocycles. The molecule has 0 aromatic carbocycles. The van der Waals surface area contributed by atoms with Crippen LogP contribution in [0.5, 0.6) is 0 Å². The van der Waals surface area contributed by atoms with E-state index >= 15 is 0 Å². The number of rotatable bonds is 5. The molecule has 1 aromatic rings. The van der Waals surface area contributed by atoms with E-state index in [1.54, 1.807) is 13.2 Å². The van der Waals surface area contributed by atoms with Crippen molar-refractivity contribution in [3.8, 4) is 6.07 Å². The summed E-state index contributed by atoms with van der Waals surface area (Å²) in [4.78, 5) is 15.6. The maximum atomic E-state index is 11.6. The summed E-state index contributed by atoms with van der Waals surface area (Å²) < 4.78 is 4.92. The van der Waals surface area contributed by atoms with Crippen molar-refractivity contribution in [2.75, 3.05) is 20.3 Å². The third-order valence-electron chi connectivity index (χ3n) is 1.96. The van der Waals surface area contributed by atoms with E-state index in [0.717, 1.165) is 0 Å². The second-order valence-corrected chi connectivity index (χ2v) is 4.60. The second-order valence-electron chi connectivity index (χ2n) is 3.31. The summed E-state index contributed by atoms with van der Waals surface area (Å²) in [5.41, 5.74) is 0.723. The number of nitriles is 1. The molecule has 0 radical (unpaired) electrons. The van der Waals surface area contributed by atoms with Gasteiger partial charge in [0.15, 0.2) is 0 Å². The maximum absolute atomic E-state index is 11.6. The van der Waals surface area contributed by atoms with Crippen LogP contribution in [0.2, 0.25) is 0 Å². The number of hydrogen-bond donors (Lipinski definition) is 1. The molecule has 90 valence electrons. The van der Waals surface area contributed by atoms with Crippen molar-refractivity contribution in [2.45, 2.75) is 4.83 Å². The Balaban J connectivity index is 2.50. The maximum Gasteiger partial charge on any atom is 0.269 e. The Hall–Kier alpha value is -1.45. The zero-order valence-corrected chi connectivity index (χ0v) is 10.9. The van der Waals surface area contributed by atoms with Crippen molar-refractivity contribution < 1.29 is 9.53 Å². The fraction of sp³-hybridized carbons (Fsp3) is 0.364. The zero-order valence-electron chi connectivity index (χ0n) is 9.31. The van der Waals surface area contributed by atoms with Gasteiger partial charge in [0, 0.05) is 19.9 Å².